The molecule has 5 rings (SSSR count). The topological polar surface area (TPSA) is 81.6 Å². The van der Waals surface area contributed by atoms with Crippen molar-refractivity contribution in [3.63, 3.8) is 0 Å². The maximum absolute atomic E-state index is 15.2. The predicted octanol–water partition coefficient (Wildman–Crippen LogP) is 6.10. The first kappa shape index (κ1) is 20.8. The summed E-state index contributed by atoms with van der Waals surface area (Å²) >= 11 is 6.78. The van der Waals surface area contributed by atoms with Gasteiger partial charge in [0.25, 0.3) is 0 Å². The molecule has 0 amide bonds. The summed E-state index contributed by atoms with van der Waals surface area (Å²) < 4.78 is 42.4. The van der Waals surface area contributed by atoms with Gasteiger partial charge in [-0.25, -0.2) is 9.07 Å². The third kappa shape index (κ3) is 3.94. The number of aliphatic hydroxyl groups is 1. The molecule has 0 bridgehead atoms. The molecule has 7 nitrogen and oxygen atoms in total. The Hall–Kier alpha value is -3.36. The number of halogens is 2. The zero-order valence-corrected chi connectivity index (χ0v) is 21.2. The minimum absolute atomic E-state index is 0.169. The zero-order valence-electron chi connectivity index (χ0n) is 23.4. The van der Waals surface area contributed by atoms with E-state index in [0.717, 1.165) is 6.42 Å². The number of hydrogen-bond acceptors (Lipinski definition) is 5. The van der Waals surface area contributed by atoms with Crippen molar-refractivity contribution < 1.29 is 13.6 Å². The Labute approximate surface area is 217 Å². The minimum atomic E-state index is -2.51. The Balaban J connectivity index is 1.92. The number of aromatic nitrogens is 6. The van der Waals surface area contributed by atoms with Gasteiger partial charge in [-0.2, -0.15) is 0 Å². The molecule has 5 aromatic rings. The van der Waals surface area contributed by atoms with Crippen LogP contribution < -0.4 is 0 Å². The summed E-state index contributed by atoms with van der Waals surface area (Å²) in [6.45, 7) is 2.84. The van der Waals surface area contributed by atoms with Gasteiger partial charge in [-0.05, 0) is 57.5 Å². The lowest BCUT2D eigenvalue weighted by Gasteiger charge is -2.22. The molecular formula is C27H28ClFN6O. The number of rotatable bonds is 6. The van der Waals surface area contributed by atoms with Crippen molar-refractivity contribution in [1.29, 1.82) is 0 Å². The molecule has 0 fully saturated rings. The zero-order chi connectivity index (χ0) is 28.3. The van der Waals surface area contributed by atoms with Crippen molar-refractivity contribution in [2.75, 3.05) is 0 Å². The summed E-state index contributed by atoms with van der Waals surface area (Å²) in [5.41, 5.74) is 2.14. The highest BCUT2D eigenvalue weighted by molar-refractivity contribution is 6.34. The van der Waals surface area contributed by atoms with E-state index >= 15 is 4.39 Å². The third-order valence-corrected chi connectivity index (χ3v) is 6.80. The van der Waals surface area contributed by atoms with E-state index in [0.29, 0.717) is 44.5 Å². The van der Waals surface area contributed by atoms with Crippen molar-refractivity contribution in [3.05, 3.63) is 70.5 Å². The van der Waals surface area contributed by atoms with Crippen LogP contribution in [0.25, 0.3) is 33.2 Å². The summed E-state index contributed by atoms with van der Waals surface area (Å²) in [5.74, 6) is -0.438. The fourth-order valence-corrected chi connectivity index (χ4v) is 4.99. The largest absolute Gasteiger partial charge is 0.386 e. The van der Waals surface area contributed by atoms with E-state index < -0.39 is 24.3 Å². The Morgan fingerprint density at radius 1 is 1.22 bits per heavy atom. The van der Waals surface area contributed by atoms with E-state index in [2.05, 4.69) is 20.3 Å². The fourth-order valence-electron chi connectivity index (χ4n) is 4.74. The minimum Gasteiger partial charge on any atom is -0.386 e. The first-order valence-electron chi connectivity index (χ1n) is 13.2. The van der Waals surface area contributed by atoms with Gasteiger partial charge in [0, 0.05) is 40.1 Å². The first-order valence-corrected chi connectivity index (χ1v) is 12.1. The fraction of sp³-hybridized carbons (Fsp3) is 0.333. The Morgan fingerprint density at radius 2 is 2.03 bits per heavy atom. The summed E-state index contributed by atoms with van der Waals surface area (Å²) in [6, 6.07) is 7.77. The number of hydrogen-bond donors (Lipinski definition) is 1. The highest BCUT2D eigenvalue weighted by atomic mass is 35.5. The van der Waals surface area contributed by atoms with Gasteiger partial charge in [-0.1, -0.05) is 30.2 Å². The Kier molecular flexibility index (Phi) is 5.16. The van der Waals surface area contributed by atoms with Crippen LogP contribution in [0.2, 0.25) is 5.02 Å². The normalized spacial score (nSPS) is 14.7. The average molecular weight is 510 g/mol. The molecule has 4 heterocycles. The van der Waals surface area contributed by atoms with Gasteiger partial charge >= 0.3 is 0 Å². The van der Waals surface area contributed by atoms with Crippen LogP contribution in [0.15, 0.2) is 42.7 Å². The van der Waals surface area contributed by atoms with Gasteiger partial charge in [0.2, 0.25) is 0 Å². The van der Waals surface area contributed by atoms with Crippen LogP contribution in [0.3, 0.4) is 0 Å². The number of benzene rings is 1. The van der Waals surface area contributed by atoms with Crippen LogP contribution in [-0.2, 0) is 12.6 Å². The quantitative estimate of drug-likeness (QED) is 0.299. The molecule has 0 saturated heterocycles. The monoisotopic (exact) mass is 509 g/mol. The first-order chi connectivity index (χ1) is 18.3. The van der Waals surface area contributed by atoms with Gasteiger partial charge in [-0.15, -0.1) is 5.10 Å². The second kappa shape index (κ2) is 8.94. The van der Waals surface area contributed by atoms with E-state index in [1.807, 2.05) is 17.6 Å². The number of pyridine rings is 2. The van der Waals surface area contributed by atoms with Crippen LogP contribution in [0.1, 0.15) is 60.7 Å². The number of aryl methyl sites for hydroxylation is 2. The van der Waals surface area contributed by atoms with Gasteiger partial charge in [0.1, 0.15) is 5.82 Å². The molecule has 0 aliphatic heterocycles. The summed E-state index contributed by atoms with van der Waals surface area (Å²) in [4.78, 5) is 9.09. The highest BCUT2D eigenvalue weighted by Crippen LogP contribution is 2.41. The van der Waals surface area contributed by atoms with Crippen molar-refractivity contribution in [2.45, 2.75) is 52.1 Å². The van der Waals surface area contributed by atoms with Gasteiger partial charge in [0.15, 0.2) is 0 Å². The second-order valence-electron chi connectivity index (χ2n) is 9.46. The molecular weight excluding hydrogens is 479 g/mol. The lowest BCUT2D eigenvalue weighted by Crippen LogP contribution is -2.17. The van der Waals surface area contributed by atoms with E-state index in [-0.39, 0.29) is 17.1 Å². The SMILES string of the molecule is [2H]C([2H])([2H])c1nnn(C)c1-c1cc2c(cc1Cl)c1ncc(C(C)(C)O)cc1n2C(CCC)c1ncccc1F. The number of nitrogens with zero attached hydrogens (tertiary/aromatic N) is 6. The molecule has 0 aliphatic rings. The average Bonchev–Trinajstić information content (AvgIpc) is 3.39. The molecule has 9 heteroatoms. The van der Waals surface area contributed by atoms with Gasteiger partial charge in [0.05, 0.1) is 50.3 Å². The van der Waals surface area contributed by atoms with E-state index in [1.54, 1.807) is 51.5 Å². The molecule has 1 N–H and O–H groups in total. The van der Waals surface area contributed by atoms with Crippen LogP contribution in [-0.4, -0.2) is 34.6 Å². The molecule has 0 saturated carbocycles. The van der Waals surface area contributed by atoms with Crippen LogP contribution >= 0.6 is 11.6 Å². The van der Waals surface area contributed by atoms with Crippen LogP contribution in [0.5, 0.6) is 0 Å². The Bertz CT molecular complexity index is 1710. The highest BCUT2D eigenvalue weighted by Gasteiger charge is 2.27. The molecule has 36 heavy (non-hydrogen) atoms. The standard InChI is InChI=1S/C27H28ClFN6O/c1-6-8-21(25-20(29)9-7-10-30-25)35-22-13-17(26-15(2)32-33-34(26)5)19(28)12-18(22)24-23(35)11-16(14-31-24)27(3,4)36/h7,9-14,21,36H,6,8H2,1-5H3/i2D3. The van der Waals surface area contributed by atoms with E-state index in [1.165, 1.54) is 10.7 Å². The smallest absolute Gasteiger partial charge is 0.146 e. The van der Waals surface area contributed by atoms with Crippen molar-refractivity contribution in [1.82, 2.24) is 29.5 Å². The van der Waals surface area contributed by atoms with Crippen molar-refractivity contribution >= 4 is 33.5 Å². The maximum Gasteiger partial charge on any atom is 0.146 e. The van der Waals surface area contributed by atoms with Gasteiger partial charge in [-0.3, -0.25) is 9.97 Å². The van der Waals surface area contributed by atoms with E-state index in [9.17, 15) is 5.11 Å². The molecule has 186 valence electrons. The summed E-state index contributed by atoms with van der Waals surface area (Å²) in [6.07, 6.45) is 4.46. The van der Waals surface area contributed by atoms with E-state index in [4.69, 9.17) is 15.7 Å². The van der Waals surface area contributed by atoms with Crippen molar-refractivity contribution in [3.8, 4) is 11.3 Å². The molecule has 0 radical (unpaired) electrons. The number of fused-ring (bicyclic) bond motifs is 3. The predicted molar refractivity (Wildman–Crippen MR) is 139 cm³/mol. The molecule has 1 atom stereocenters. The molecule has 0 aliphatic carbocycles. The molecule has 0 spiro atoms. The second-order valence-corrected chi connectivity index (χ2v) is 9.86. The van der Waals surface area contributed by atoms with Crippen molar-refractivity contribution in [2.24, 2.45) is 7.05 Å². The lowest BCUT2D eigenvalue weighted by atomic mass is 10.00. The molecule has 1 aromatic carbocycles. The molecule has 1 unspecified atom stereocenters. The lowest BCUT2D eigenvalue weighted by molar-refractivity contribution is 0.0784. The third-order valence-electron chi connectivity index (χ3n) is 6.49. The maximum atomic E-state index is 15.2. The van der Waals surface area contributed by atoms with Crippen LogP contribution in [0.4, 0.5) is 4.39 Å². The molecule has 4 aromatic heterocycles. The Morgan fingerprint density at radius 3 is 2.72 bits per heavy atom. The van der Waals surface area contributed by atoms with Crippen LogP contribution in [0, 0.1) is 12.7 Å². The summed E-state index contributed by atoms with van der Waals surface area (Å²) in [5, 5.41) is 19.6. The summed E-state index contributed by atoms with van der Waals surface area (Å²) in [7, 11) is 1.61. The van der Waals surface area contributed by atoms with Gasteiger partial charge < -0.3 is 9.67 Å².